The third-order valence-electron chi connectivity index (χ3n) is 2.78. The van der Waals surface area contributed by atoms with Gasteiger partial charge in [0, 0.05) is 18.1 Å². The van der Waals surface area contributed by atoms with Crippen LogP contribution in [0.4, 0.5) is 0 Å². The van der Waals surface area contributed by atoms with Gasteiger partial charge in [0.05, 0.1) is 10.4 Å². The first-order valence-electron chi connectivity index (χ1n) is 5.93. The molecule has 3 heterocycles. The van der Waals surface area contributed by atoms with Crippen LogP contribution in [-0.2, 0) is 0 Å². The van der Waals surface area contributed by atoms with Gasteiger partial charge in [0.2, 0.25) is 0 Å². The van der Waals surface area contributed by atoms with Gasteiger partial charge in [-0.1, -0.05) is 13.3 Å². The van der Waals surface area contributed by atoms with Crippen LogP contribution in [0.15, 0.2) is 17.6 Å². The summed E-state index contributed by atoms with van der Waals surface area (Å²) in [6.07, 6.45) is 4.09. The van der Waals surface area contributed by atoms with Gasteiger partial charge in [-0.3, -0.25) is 9.20 Å². The molecule has 0 spiro atoms. The monoisotopic (exact) mass is 279 g/mol. The highest BCUT2D eigenvalue weighted by Crippen LogP contribution is 2.28. The number of thiophene rings is 1. The lowest BCUT2D eigenvalue weighted by Crippen LogP contribution is -2.23. The Labute approximate surface area is 112 Å². The van der Waals surface area contributed by atoms with Crippen molar-refractivity contribution in [1.29, 1.82) is 0 Å². The van der Waals surface area contributed by atoms with Crippen molar-refractivity contribution in [1.82, 2.24) is 14.7 Å². The highest BCUT2D eigenvalue weighted by atomic mass is 32.1. The van der Waals surface area contributed by atoms with Gasteiger partial charge in [0.1, 0.15) is 4.83 Å². The largest absolute Gasteiger partial charge is 0.351 e. The van der Waals surface area contributed by atoms with Crippen molar-refractivity contribution in [2.45, 2.75) is 19.8 Å². The molecule has 0 unspecified atom stereocenters. The van der Waals surface area contributed by atoms with Crippen molar-refractivity contribution in [2.75, 3.05) is 6.54 Å². The maximum absolute atomic E-state index is 11.9. The summed E-state index contributed by atoms with van der Waals surface area (Å²) in [6, 6.07) is 1.92. The number of hydrogen-bond donors (Lipinski definition) is 1. The first-order chi connectivity index (χ1) is 8.79. The van der Waals surface area contributed by atoms with E-state index in [0.29, 0.717) is 0 Å². The fraction of sp³-hybridized carbons (Fsp3) is 0.333. The van der Waals surface area contributed by atoms with Crippen molar-refractivity contribution in [3.63, 3.8) is 0 Å². The standard InChI is InChI=1S/C12H13N3OS2/c1-2-3-4-13-10(16)9-7-8-11(18-9)14-12-15(8)5-6-17-12/h5-7H,2-4H2,1H3,(H,13,16). The number of unbranched alkanes of at least 4 members (excludes halogenated alkanes) is 1. The molecule has 1 N–H and O–H groups in total. The normalized spacial score (nSPS) is 11.4. The quantitative estimate of drug-likeness (QED) is 0.746. The topological polar surface area (TPSA) is 46.4 Å². The van der Waals surface area contributed by atoms with Crippen molar-refractivity contribution in [3.8, 4) is 0 Å². The SMILES string of the molecule is CCCCNC(=O)c1cc2c(nc3sccn32)s1. The highest BCUT2D eigenvalue weighted by Gasteiger charge is 2.14. The average molecular weight is 279 g/mol. The number of aromatic nitrogens is 2. The van der Waals surface area contributed by atoms with E-state index in [4.69, 9.17) is 0 Å². The average Bonchev–Trinajstić information content (AvgIpc) is 2.99. The van der Waals surface area contributed by atoms with Crippen molar-refractivity contribution < 1.29 is 4.79 Å². The van der Waals surface area contributed by atoms with E-state index in [1.807, 2.05) is 22.0 Å². The Morgan fingerprint density at radius 3 is 3.28 bits per heavy atom. The molecule has 1 amide bonds. The zero-order valence-corrected chi connectivity index (χ0v) is 11.6. The predicted molar refractivity (Wildman–Crippen MR) is 75.7 cm³/mol. The first kappa shape index (κ1) is 11.7. The van der Waals surface area contributed by atoms with E-state index in [2.05, 4.69) is 17.2 Å². The molecule has 0 aliphatic rings. The summed E-state index contributed by atoms with van der Waals surface area (Å²) in [4.78, 5) is 19.1. The molecule has 6 heteroatoms. The maximum Gasteiger partial charge on any atom is 0.261 e. The van der Waals surface area contributed by atoms with Crippen LogP contribution in [0.5, 0.6) is 0 Å². The summed E-state index contributed by atoms with van der Waals surface area (Å²) in [5.41, 5.74) is 1.02. The Bertz CT molecular complexity index is 694. The first-order valence-corrected chi connectivity index (χ1v) is 7.62. The summed E-state index contributed by atoms with van der Waals surface area (Å²) in [5, 5.41) is 4.93. The molecule has 3 rings (SSSR count). The minimum Gasteiger partial charge on any atom is -0.351 e. The molecule has 0 aromatic carbocycles. The molecular formula is C12H13N3OS2. The van der Waals surface area contributed by atoms with Gasteiger partial charge in [0.15, 0.2) is 4.96 Å². The van der Waals surface area contributed by atoms with E-state index in [1.54, 1.807) is 11.3 Å². The van der Waals surface area contributed by atoms with E-state index in [9.17, 15) is 4.79 Å². The summed E-state index contributed by atoms with van der Waals surface area (Å²) in [7, 11) is 0. The van der Waals surface area contributed by atoms with Gasteiger partial charge in [-0.25, -0.2) is 4.98 Å². The highest BCUT2D eigenvalue weighted by molar-refractivity contribution is 7.21. The second kappa shape index (κ2) is 4.70. The molecule has 0 radical (unpaired) electrons. The van der Waals surface area contributed by atoms with Crippen LogP contribution < -0.4 is 5.32 Å². The molecule has 94 valence electrons. The lowest BCUT2D eigenvalue weighted by Gasteiger charge is -2.00. The van der Waals surface area contributed by atoms with Gasteiger partial charge in [-0.2, -0.15) is 0 Å². The number of nitrogens with zero attached hydrogens (tertiary/aromatic N) is 2. The number of carbonyl (C=O) groups is 1. The van der Waals surface area contributed by atoms with Crippen LogP contribution in [0, 0.1) is 0 Å². The fourth-order valence-electron chi connectivity index (χ4n) is 1.83. The van der Waals surface area contributed by atoms with Gasteiger partial charge in [-0.15, -0.1) is 22.7 Å². The van der Waals surface area contributed by atoms with Gasteiger partial charge in [0.25, 0.3) is 5.91 Å². The van der Waals surface area contributed by atoms with E-state index in [-0.39, 0.29) is 5.91 Å². The smallest absolute Gasteiger partial charge is 0.261 e. The molecule has 0 atom stereocenters. The Kier molecular flexibility index (Phi) is 3.05. The zero-order chi connectivity index (χ0) is 12.5. The zero-order valence-electron chi connectivity index (χ0n) is 9.97. The van der Waals surface area contributed by atoms with Crippen molar-refractivity contribution in [3.05, 3.63) is 22.5 Å². The minimum atomic E-state index is 0.00966. The van der Waals surface area contributed by atoms with Crippen LogP contribution in [0.2, 0.25) is 0 Å². The number of carbonyl (C=O) groups excluding carboxylic acids is 1. The van der Waals surface area contributed by atoms with Crippen LogP contribution >= 0.6 is 22.7 Å². The Morgan fingerprint density at radius 2 is 2.44 bits per heavy atom. The number of amides is 1. The molecule has 3 aromatic heterocycles. The van der Waals surface area contributed by atoms with Crippen LogP contribution in [0.25, 0.3) is 15.3 Å². The Morgan fingerprint density at radius 1 is 1.56 bits per heavy atom. The minimum absolute atomic E-state index is 0.00966. The number of rotatable bonds is 4. The van der Waals surface area contributed by atoms with E-state index >= 15 is 0 Å². The lowest BCUT2D eigenvalue weighted by atomic mass is 10.3. The molecular weight excluding hydrogens is 266 g/mol. The number of nitrogens with one attached hydrogen (secondary N) is 1. The summed E-state index contributed by atoms with van der Waals surface area (Å²) in [6.45, 7) is 2.85. The van der Waals surface area contributed by atoms with Crippen LogP contribution in [0.1, 0.15) is 29.4 Å². The van der Waals surface area contributed by atoms with Gasteiger partial charge >= 0.3 is 0 Å². The Balaban J connectivity index is 1.88. The lowest BCUT2D eigenvalue weighted by molar-refractivity contribution is 0.0957. The second-order valence-corrected chi connectivity index (χ2v) is 5.98. The molecule has 0 aliphatic heterocycles. The molecule has 18 heavy (non-hydrogen) atoms. The van der Waals surface area contributed by atoms with Crippen LogP contribution in [-0.4, -0.2) is 21.8 Å². The molecule has 0 saturated heterocycles. The molecule has 0 fully saturated rings. The number of hydrogen-bond acceptors (Lipinski definition) is 4. The third-order valence-corrected chi connectivity index (χ3v) is 4.55. The van der Waals surface area contributed by atoms with Crippen molar-refractivity contribution in [2.24, 2.45) is 0 Å². The molecule has 4 nitrogen and oxygen atoms in total. The number of imidazole rings is 1. The fourth-order valence-corrected chi connectivity index (χ4v) is 3.54. The van der Waals surface area contributed by atoms with E-state index < -0.39 is 0 Å². The molecule has 3 aromatic rings. The summed E-state index contributed by atoms with van der Waals surface area (Å²) >= 11 is 3.06. The third kappa shape index (κ3) is 1.91. The van der Waals surface area contributed by atoms with Crippen LogP contribution in [0.3, 0.4) is 0 Å². The van der Waals surface area contributed by atoms with Gasteiger partial charge in [-0.05, 0) is 12.5 Å². The second-order valence-electron chi connectivity index (χ2n) is 4.08. The predicted octanol–water partition coefficient (Wildman–Crippen LogP) is 3.14. The number of thiazole rings is 1. The number of fused-ring (bicyclic) bond motifs is 3. The molecule has 0 bridgehead atoms. The van der Waals surface area contributed by atoms with Gasteiger partial charge < -0.3 is 5.32 Å². The Hall–Kier alpha value is -1.40. The molecule has 0 aliphatic carbocycles. The maximum atomic E-state index is 11.9. The van der Waals surface area contributed by atoms with E-state index in [0.717, 1.165) is 39.6 Å². The summed E-state index contributed by atoms with van der Waals surface area (Å²) in [5.74, 6) is 0.00966. The van der Waals surface area contributed by atoms with Crippen molar-refractivity contribution >= 4 is 43.9 Å². The molecule has 0 saturated carbocycles. The van der Waals surface area contributed by atoms with E-state index in [1.165, 1.54) is 11.3 Å². The summed E-state index contributed by atoms with van der Waals surface area (Å²) < 4.78 is 2.03.